The first-order valence-electron chi connectivity index (χ1n) is 0.548. The zero-order valence-electron chi connectivity index (χ0n) is 2.57. The fourth-order valence-electron chi connectivity index (χ4n) is 0. The monoisotopic (exact) mass is 288 g/mol. The molecule has 0 atom stereocenters. The van der Waals surface area contributed by atoms with E-state index in [0.717, 1.165) is 0 Å². The van der Waals surface area contributed by atoms with E-state index in [4.69, 9.17) is 15.3 Å². The first-order valence-corrected chi connectivity index (χ1v) is 0.548. The molecule has 0 bridgehead atoms. The topological polar surface area (TPSA) is 96.2 Å². The van der Waals surface area contributed by atoms with Crippen LogP contribution in [0.2, 0.25) is 0 Å². The number of nitrogens with zero attached hydrogens (tertiary/aromatic N) is 1. The smallest absolute Gasteiger partial charge is 0.870 e. The summed E-state index contributed by atoms with van der Waals surface area (Å²) in [7, 11) is 0. The second kappa shape index (κ2) is 8.90. The van der Waals surface area contributed by atoms with Crippen LogP contribution in [0.4, 0.5) is 0 Å². The summed E-state index contributed by atoms with van der Waals surface area (Å²) in [4.78, 5) is 8.25. The van der Waals surface area contributed by atoms with Gasteiger partial charge in [-0.1, -0.05) is 0 Å². The molecular formula is HBiNO4+. The molecule has 0 fully saturated rings. The van der Waals surface area contributed by atoms with E-state index in [1.807, 2.05) is 0 Å². The molecule has 0 aliphatic rings. The van der Waals surface area contributed by atoms with Crippen molar-refractivity contribution in [1.29, 1.82) is 0 Å². The summed E-state index contributed by atoms with van der Waals surface area (Å²) in [6.45, 7) is 0. The Balaban J connectivity index is -0.0000000450. The molecule has 0 heterocycles. The van der Waals surface area contributed by atoms with Crippen molar-refractivity contribution in [3.8, 4) is 0 Å². The van der Waals surface area contributed by atoms with E-state index in [-0.39, 0.29) is 31.7 Å². The van der Waals surface area contributed by atoms with Gasteiger partial charge in [-0.15, -0.1) is 0 Å². The molecule has 0 spiro atoms. The van der Waals surface area contributed by atoms with Crippen LogP contribution in [0.15, 0.2) is 0 Å². The van der Waals surface area contributed by atoms with E-state index in [2.05, 4.69) is 0 Å². The molecule has 0 amide bonds. The summed E-state index contributed by atoms with van der Waals surface area (Å²) in [5, 5.41) is 14.8. The van der Waals surface area contributed by atoms with E-state index in [9.17, 15) is 0 Å². The Labute approximate surface area is 52.5 Å². The van der Waals surface area contributed by atoms with Crippen molar-refractivity contribution < 1.29 is 10.6 Å². The Morgan fingerprint density at radius 1 is 1.33 bits per heavy atom. The molecule has 6 heavy (non-hydrogen) atoms. The van der Waals surface area contributed by atoms with Gasteiger partial charge in [0.1, 0.15) is 0 Å². The Morgan fingerprint density at radius 2 is 1.33 bits per heavy atom. The zero-order chi connectivity index (χ0) is 3.58. The number of rotatable bonds is 0. The molecular weight excluding hydrogens is 287 g/mol. The summed E-state index contributed by atoms with van der Waals surface area (Å²) < 4.78 is 0. The molecule has 0 aromatic heterocycles. The largest absolute Gasteiger partial charge is 3.00 e. The maximum Gasteiger partial charge on any atom is 3.00 e. The number of hydrogen-bond donors (Lipinski definition) is 0. The molecule has 0 unspecified atom stereocenters. The second-order valence-electron chi connectivity index (χ2n) is 0.224. The minimum atomic E-state index is -1.75. The average Bonchev–Trinajstić information content (AvgIpc) is 0.811. The Hall–Kier alpha value is 0.0431. The molecule has 0 aliphatic carbocycles. The van der Waals surface area contributed by atoms with Crippen LogP contribution in [0.5, 0.6) is 0 Å². The van der Waals surface area contributed by atoms with Gasteiger partial charge in [0.2, 0.25) is 0 Å². The minimum Gasteiger partial charge on any atom is -0.870 e. The van der Waals surface area contributed by atoms with Crippen LogP contribution in [-0.4, -0.2) is 36.8 Å². The van der Waals surface area contributed by atoms with Gasteiger partial charge in [-0.05, 0) is 0 Å². The molecule has 2 radical (unpaired) electrons. The van der Waals surface area contributed by atoms with Crippen molar-refractivity contribution >= 4 is 26.2 Å². The molecule has 0 aromatic carbocycles. The third-order valence-electron chi connectivity index (χ3n) is 0. The third kappa shape index (κ3) is 20100. The molecule has 0 aromatic rings. The predicted octanol–water partition coefficient (Wildman–Crippen LogP) is -0.797. The first-order chi connectivity index (χ1) is 1.73. The van der Waals surface area contributed by atoms with Crippen LogP contribution in [0.3, 0.4) is 0 Å². The Bertz CT molecular complexity index is 30.5. The van der Waals surface area contributed by atoms with Crippen molar-refractivity contribution in [2.24, 2.45) is 0 Å². The minimum absolute atomic E-state index is 0. The summed E-state index contributed by atoms with van der Waals surface area (Å²) in [5.74, 6) is 0. The number of hydrogen-bond acceptors (Lipinski definition) is 4. The van der Waals surface area contributed by atoms with Gasteiger partial charge in [-0.25, -0.2) is 0 Å². The normalized spacial score (nSPS) is 4.00. The second-order valence-corrected chi connectivity index (χ2v) is 0.224. The summed E-state index contributed by atoms with van der Waals surface area (Å²) in [6, 6.07) is 0. The van der Waals surface area contributed by atoms with Gasteiger partial charge < -0.3 is 20.8 Å². The van der Waals surface area contributed by atoms with E-state index in [1.165, 1.54) is 0 Å². The predicted molar refractivity (Wildman–Crippen MR) is 18.1 cm³/mol. The van der Waals surface area contributed by atoms with Crippen molar-refractivity contribution in [3.05, 3.63) is 15.3 Å². The van der Waals surface area contributed by atoms with E-state index >= 15 is 0 Å². The van der Waals surface area contributed by atoms with Gasteiger partial charge >= 0.3 is 26.2 Å². The molecule has 0 rings (SSSR count). The van der Waals surface area contributed by atoms with Crippen LogP contribution in [0.1, 0.15) is 0 Å². The van der Waals surface area contributed by atoms with E-state index in [0.29, 0.717) is 0 Å². The Morgan fingerprint density at radius 3 is 1.33 bits per heavy atom. The maximum absolute atomic E-state index is 8.25. The van der Waals surface area contributed by atoms with Gasteiger partial charge in [0.05, 0.1) is 5.09 Å². The zero-order valence-corrected chi connectivity index (χ0v) is 6.04. The molecule has 1 N–H and O–H groups in total. The summed E-state index contributed by atoms with van der Waals surface area (Å²) >= 11 is 0. The van der Waals surface area contributed by atoms with Crippen LogP contribution < -0.4 is 0 Å². The maximum atomic E-state index is 8.25. The molecule has 0 saturated carbocycles. The van der Waals surface area contributed by atoms with E-state index in [1.54, 1.807) is 0 Å². The molecule has 0 saturated heterocycles. The Kier molecular flexibility index (Phi) is 24.6. The van der Waals surface area contributed by atoms with Gasteiger partial charge in [-0.2, -0.15) is 0 Å². The van der Waals surface area contributed by atoms with Crippen LogP contribution >= 0.6 is 0 Å². The van der Waals surface area contributed by atoms with Crippen molar-refractivity contribution in [1.82, 2.24) is 0 Å². The van der Waals surface area contributed by atoms with Gasteiger partial charge in [0, 0.05) is 0 Å². The third-order valence-corrected chi connectivity index (χ3v) is 0. The average molecular weight is 288 g/mol. The van der Waals surface area contributed by atoms with Crippen molar-refractivity contribution in [2.75, 3.05) is 0 Å². The molecule has 34 valence electrons. The SMILES string of the molecule is O=[N+]([O-])[O-].[Bi+3].[OH-]. The van der Waals surface area contributed by atoms with Gasteiger partial charge in [-0.3, -0.25) is 0 Å². The standard InChI is InChI=1S/Bi.NO3.H2O/c;2-1(3)4;/h;;1H2/q+3;-1;/p-1. The van der Waals surface area contributed by atoms with E-state index < -0.39 is 5.09 Å². The molecule has 5 nitrogen and oxygen atoms in total. The molecule has 0 aliphatic heterocycles. The van der Waals surface area contributed by atoms with Crippen LogP contribution in [-0.2, 0) is 0 Å². The van der Waals surface area contributed by atoms with Crippen molar-refractivity contribution in [2.45, 2.75) is 0 Å². The van der Waals surface area contributed by atoms with Crippen LogP contribution in [0, 0.1) is 15.3 Å². The molecule has 6 heteroatoms. The van der Waals surface area contributed by atoms with Crippen LogP contribution in [0.25, 0.3) is 0 Å². The summed E-state index contributed by atoms with van der Waals surface area (Å²) in [5.41, 5.74) is 0. The fraction of sp³-hybridized carbons (Fsp3) is 0. The van der Waals surface area contributed by atoms with Crippen molar-refractivity contribution in [3.63, 3.8) is 0 Å². The first kappa shape index (κ1) is 16.6. The quantitative estimate of drug-likeness (QED) is 0.331. The summed E-state index contributed by atoms with van der Waals surface area (Å²) in [6.07, 6.45) is 0. The van der Waals surface area contributed by atoms with Gasteiger partial charge in [0.15, 0.2) is 0 Å². The fourth-order valence-corrected chi connectivity index (χ4v) is 0. The van der Waals surface area contributed by atoms with Gasteiger partial charge in [0.25, 0.3) is 0 Å².